The van der Waals surface area contributed by atoms with Crippen LogP contribution in [-0.2, 0) is 16.0 Å². The summed E-state index contributed by atoms with van der Waals surface area (Å²) in [6.07, 6.45) is 5.15. The lowest BCUT2D eigenvalue weighted by Crippen LogP contribution is -2.48. The molecule has 1 aromatic rings. The van der Waals surface area contributed by atoms with E-state index in [1.165, 1.54) is 5.56 Å². The average molecular weight is 385 g/mol. The molecule has 3 aliphatic rings. The van der Waals surface area contributed by atoms with Gasteiger partial charge in [-0.25, -0.2) is 0 Å². The molecule has 6 nitrogen and oxygen atoms in total. The molecule has 3 unspecified atom stereocenters. The maximum absolute atomic E-state index is 13.0. The lowest BCUT2D eigenvalue weighted by atomic mass is 9.97. The van der Waals surface area contributed by atoms with Crippen molar-refractivity contribution >= 4 is 17.5 Å². The van der Waals surface area contributed by atoms with E-state index in [1.54, 1.807) is 0 Å². The number of nitrogens with one attached hydrogen (secondary N) is 2. The number of carbonyl (C=O) groups excluding carboxylic acids is 2. The van der Waals surface area contributed by atoms with Gasteiger partial charge in [0.1, 0.15) is 0 Å². The molecule has 28 heavy (non-hydrogen) atoms. The Labute approximate surface area is 167 Å². The van der Waals surface area contributed by atoms with E-state index in [9.17, 15) is 9.59 Å². The van der Waals surface area contributed by atoms with Crippen LogP contribution < -0.4 is 15.5 Å². The second-order valence-corrected chi connectivity index (χ2v) is 8.58. The zero-order valence-corrected chi connectivity index (χ0v) is 16.8. The monoisotopic (exact) mass is 384 g/mol. The zero-order valence-electron chi connectivity index (χ0n) is 16.8. The summed E-state index contributed by atoms with van der Waals surface area (Å²) in [5, 5.41) is 6.37. The van der Waals surface area contributed by atoms with Crippen molar-refractivity contribution in [3.8, 4) is 0 Å². The molecule has 3 aliphatic heterocycles. The molecule has 2 fully saturated rings. The third-order valence-corrected chi connectivity index (χ3v) is 6.38. The van der Waals surface area contributed by atoms with Crippen LogP contribution in [0.2, 0.25) is 0 Å². The van der Waals surface area contributed by atoms with E-state index in [0.717, 1.165) is 57.4 Å². The first kappa shape index (κ1) is 19.4. The number of nitrogens with zero attached hydrogens (tertiary/aromatic N) is 2. The summed E-state index contributed by atoms with van der Waals surface area (Å²) in [4.78, 5) is 29.5. The van der Waals surface area contributed by atoms with Gasteiger partial charge in [-0.15, -0.1) is 0 Å². The number of para-hydroxylation sites is 1. The number of carbonyl (C=O) groups is 2. The summed E-state index contributed by atoms with van der Waals surface area (Å²) < 4.78 is 0. The lowest BCUT2D eigenvalue weighted by Gasteiger charge is -2.34. The highest BCUT2D eigenvalue weighted by molar-refractivity contribution is 5.97. The number of fused-ring (bicyclic) bond motifs is 1. The van der Waals surface area contributed by atoms with Gasteiger partial charge in [0.05, 0.1) is 12.6 Å². The molecule has 6 heteroatoms. The average Bonchev–Trinajstić information content (AvgIpc) is 3.33. The highest BCUT2D eigenvalue weighted by Crippen LogP contribution is 2.32. The molecule has 2 amide bonds. The fourth-order valence-corrected chi connectivity index (χ4v) is 4.95. The second kappa shape index (κ2) is 8.62. The van der Waals surface area contributed by atoms with Gasteiger partial charge < -0.3 is 15.5 Å². The van der Waals surface area contributed by atoms with Crippen molar-refractivity contribution in [2.24, 2.45) is 5.92 Å². The molecule has 3 heterocycles. The molecule has 0 aliphatic carbocycles. The second-order valence-electron chi connectivity index (χ2n) is 8.58. The van der Waals surface area contributed by atoms with Crippen LogP contribution in [0.1, 0.15) is 38.2 Å². The van der Waals surface area contributed by atoms with E-state index in [0.29, 0.717) is 19.0 Å². The van der Waals surface area contributed by atoms with Crippen LogP contribution in [0.25, 0.3) is 0 Å². The number of piperidine rings is 1. The van der Waals surface area contributed by atoms with Crippen LogP contribution in [0, 0.1) is 5.92 Å². The Balaban J connectivity index is 1.29. The lowest BCUT2D eigenvalue weighted by molar-refractivity contribution is -0.123. The fraction of sp³-hybridized carbons (Fsp3) is 0.636. The Morgan fingerprint density at radius 3 is 2.89 bits per heavy atom. The Morgan fingerprint density at radius 2 is 2.07 bits per heavy atom. The van der Waals surface area contributed by atoms with E-state index in [2.05, 4.69) is 34.6 Å². The van der Waals surface area contributed by atoms with Crippen molar-refractivity contribution in [3.05, 3.63) is 29.8 Å². The van der Waals surface area contributed by atoms with Crippen molar-refractivity contribution < 1.29 is 9.59 Å². The molecule has 0 radical (unpaired) electrons. The minimum Gasteiger partial charge on any atom is -0.354 e. The van der Waals surface area contributed by atoms with Gasteiger partial charge in [0.2, 0.25) is 11.8 Å². The topological polar surface area (TPSA) is 64.7 Å². The molecular weight excluding hydrogens is 352 g/mol. The van der Waals surface area contributed by atoms with Crippen LogP contribution in [0.3, 0.4) is 0 Å². The quantitative estimate of drug-likeness (QED) is 0.808. The van der Waals surface area contributed by atoms with Crippen molar-refractivity contribution in [2.45, 2.75) is 51.1 Å². The van der Waals surface area contributed by atoms with E-state index in [-0.39, 0.29) is 23.9 Å². The normalized spacial score (nSPS) is 27.6. The largest absolute Gasteiger partial charge is 0.354 e. The van der Waals surface area contributed by atoms with Crippen molar-refractivity contribution in [3.63, 3.8) is 0 Å². The van der Waals surface area contributed by atoms with Gasteiger partial charge >= 0.3 is 0 Å². The predicted octanol–water partition coefficient (Wildman–Crippen LogP) is 1.54. The van der Waals surface area contributed by atoms with Gasteiger partial charge in [0.25, 0.3) is 0 Å². The molecule has 0 bridgehead atoms. The molecule has 2 N–H and O–H groups in total. The SMILES string of the molecule is CC1Cc2ccccc2N1C(=O)CN1CCCC(CNC(=O)C2CCCN2)C1. The van der Waals surface area contributed by atoms with Crippen LogP contribution in [0.15, 0.2) is 24.3 Å². The van der Waals surface area contributed by atoms with Gasteiger partial charge in [0, 0.05) is 24.8 Å². The number of likely N-dealkylation sites (tertiary alicyclic amines) is 1. The van der Waals surface area contributed by atoms with Crippen LogP contribution in [0.5, 0.6) is 0 Å². The molecule has 4 rings (SSSR count). The van der Waals surface area contributed by atoms with Crippen molar-refractivity contribution in [1.82, 2.24) is 15.5 Å². The maximum atomic E-state index is 13.0. The number of hydrogen-bond donors (Lipinski definition) is 2. The summed E-state index contributed by atoms with van der Waals surface area (Å²) in [5.41, 5.74) is 2.34. The van der Waals surface area contributed by atoms with E-state index >= 15 is 0 Å². The number of anilines is 1. The van der Waals surface area contributed by atoms with Gasteiger partial charge in [0.15, 0.2) is 0 Å². The molecule has 0 saturated carbocycles. The van der Waals surface area contributed by atoms with Gasteiger partial charge in [-0.2, -0.15) is 0 Å². The third kappa shape index (κ3) is 4.23. The predicted molar refractivity (Wildman–Crippen MR) is 110 cm³/mol. The van der Waals surface area contributed by atoms with Crippen LogP contribution in [-0.4, -0.2) is 61.5 Å². The number of amides is 2. The molecule has 1 aromatic carbocycles. The van der Waals surface area contributed by atoms with Crippen molar-refractivity contribution in [2.75, 3.05) is 37.6 Å². The van der Waals surface area contributed by atoms with Gasteiger partial charge in [-0.1, -0.05) is 18.2 Å². The summed E-state index contributed by atoms with van der Waals surface area (Å²) in [7, 11) is 0. The fourth-order valence-electron chi connectivity index (χ4n) is 4.95. The first-order valence-electron chi connectivity index (χ1n) is 10.7. The van der Waals surface area contributed by atoms with Gasteiger partial charge in [-0.3, -0.25) is 14.5 Å². The standard InChI is InChI=1S/C22H32N4O2/c1-16-12-18-7-2-3-9-20(18)26(16)21(27)15-25-11-5-6-17(14-25)13-24-22(28)19-8-4-10-23-19/h2-3,7,9,16-17,19,23H,4-6,8,10-15H2,1H3,(H,24,28). The summed E-state index contributed by atoms with van der Waals surface area (Å²) in [6, 6.07) is 8.45. The first-order valence-corrected chi connectivity index (χ1v) is 10.7. The zero-order chi connectivity index (χ0) is 19.5. The minimum absolute atomic E-state index is 0.0157. The Hall–Kier alpha value is -1.92. The smallest absolute Gasteiger partial charge is 0.241 e. The molecule has 0 spiro atoms. The van der Waals surface area contributed by atoms with Crippen LogP contribution >= 0.6 is 0 Å². The van der Waals surface area contributed by atoms with E-state index < -0.39 is 0 Å². The molecule has 2 saturated heterocycles. The number of benzene rings is 1. The summed E-state index contributed by atoms with van der Waals surface area (Å²) in [5.74, 6) is 0.751. The van der Waals surface area contributed by atoms with Crippen LogP contribution in [0.4, 0.5) is 5.69 Å². The Bertz CT molecular complexity index is 716. The molecular formula is C22H32N4O2. The Morgan fingerprint density at radius 1 is 1.21 bits per heavy atom. The molecule has 152 valence electrons. The number of hydrogen-bond acceptors (Lipinski definition) is 4. The first-order chi connectivity index (χ1) is 13.6. The molecule has 0 aromatic heterocycles. The van der Waals surface area contributed by atoms with E-state index in [1.807, 2.05) is 17.0 Å². The van der Waals surface area contributed by atoms with E-state index in [4.69, 9.17) is 0 Å². The minimum atomic E-state index is -0.0157. The summed E-state index contributed by atoms with van der Waals surface area (Å²) >= 11 is 0. The maximum Gasteiger partial charge on any atom is 0.241 e. The highest BCUT2D eigenvalue weighted by atomic mass is 16.2. The van der Waals surface area contributed by atoms with Crippen molar-refractivity contribution in [1.29, 1.82) is 0 Å². The Kier molecular flexibility index (Phi) is 5.97. The highest BCUT2D eigenvalue weighted by Gasteiger charge is 2.32. The third-order valence-electron chi connectivity index (χ3n) is 6.38. The summed E-state index contributed by atoms with van der Waals surface area (Å²) in [6.45, 7) is 6.09. The van der Waals surface area contributed by atoms with Gasteiger partial charge in [-0.05, 0) is 69.7 Å². The molecule has 3 atom stereocenters. The number of rotatable bonds is 5.